The molecule has 0 saturated carbocycles. The molecule has 218 valence electrons. The molecule has 3 aliphatic heterocycles. The van der Waals surface area contributed by atoms with Gasteiger partial charge in [-0.05, 0) is 110 Å². The number of likely N-dealkylation sites (tertiary alicyclic amines) is 1. The van der Waals surface area contributed by atoms with Crippen molar-refractivity contribution in [2.24, 2.45) is 11.8 Å². The molecule has 5 atom stereocenters. The van der Waals surface area contributed by atoms with Crippen molar-refractivity contribution < 1.29 is 19.4 Å². The monoisotopic (exact) mass is 697 g/mol. The molecule has 4 unspecified atom stereocenters. The van der Waals surface area contributed by atoms with Gasteiger partial charge in [-0.2, -0.15) is 0 Å². The molecule has 3 aliphatic rings. The standard InChI is InChI=1S/C30H42IN3O4P2/c31-23-7-9-26(38-19-20-11-15-37-18-20)25(16-23)27(29(35)36)34-14-10-22(17-34)30(39,40)12-2-1-5-24-8-6-21-4-3-13-32-28(21)33-24/h6-9,16,20,22,27H,1-5,10-15,17-19,39-40H2,(H,32,33)(H,35,36)/t20-,22?,27?/m0/s1. The average Bonchev–Trinajstić information content (AvgIpc) is 3.64. The number of nitrogens with one attached hydrogen (secondary N) is 1. The maximum atomic E-state index is 12.7. The first-order chi connectivity index (χ1) is 19.3. The SMILES string of the molecule is O=C(O)C(c1cc(I)ccc1OC[C@H]1CCOC1)N1CCC(C(P)(P)CCCCc2ccc3c(n2)NCCC3)C1. The molecule has 0 radical (unpaired) electrons. The first-order valence-corrected chi connectivity index (χ1v) is 16.8. The quantitative estimate of drug-likeness (QED) is 0.166. The Morgan fingerprint density at radius 1 is 1.27 bits per heavy atom. The third-order valence-electron chi connectivity index (χ3n) is 8.59. The number of hydrogen-bond donors (Lipinski definition) is 2. The summed E-state index contributed by atoms with van der Waals surface area (Å²) in [7, 11) is 6.17. The van der Waals surface area contributed by atoms with Crippen molar-refractivity contribution in [3.05, 3.63) is 50.7 Å². The van der Waals surface area contributed by atoms with E-state index in [0.717, 1.165) is 86.1 Å². The summed E-state index contributed by atoms with van der Waals surface area (Å²) in [6.45, 7) is 4.57. The summed E-state index contributed by atoms with van der Waals surface area (Å²) in [6.07, 6.45) is 8.52. The van der Waals surface area contributed by atoms with Crippen molar-refractivity contribution in [2.75, 3.05) is 44.8 Å². The van der Waals surface area contributed by atoms with Crippen LogP contribution in [0.15, 0.2) is 30.3 Å². The highest BCUT2D eigenvalue weighted by Crippen LogP contribution is 2.46. The number of unbranched alkanes of at least 4 members (excludes halogenated alkanes) is 1. The number of anilines is 1. The first-order valence-electron chi connectivity index (χ1n) is 14.6. The Morgan fingerprint density at radius 2 is 2.15 bits per heavy atom. The minimum atomic E-state index is -0.818. The molecular formula is C30H42IN3O4P2. The summed E-state index contributed by atoms with van der Waals surface area (Å²) in [5.41, 5.74) is 3.25. The van der Waals surface area contributed by atoms with Gasteiger partial charge in [0.05, 0.1) is 13.2 Å². The van der Waals surface area contributed by atoms with Crippen LogP contribution in [-0.2, 0) is 22.4 Å². The van der Waals surface area contributed by atoms with E-state index >= 15 is 0 Å². The van der Waals surface area contributed by atoms with Crippen molar-refractivity contribution >= 4 is 52.9 Å². The number of fused-ring (bicyclic) bond motifs is 1. The minimum absolute atomic E-state index is 0.0183. The van der Waals surface area contributed by atoms with E-state index in [2.05, 4.69) is 63.4 Å². The van der Waals surface area contributed by atoms with Crippen molar-refractivity contribution in [3.8, 4) is 5.75 Å². The van der Waals surface area contributed by atoms with Crippen LogP contribution in [0, 0.1) is 15.4 Å². The molecule has 2 aromatic rings. The Kier molecular flexibility index (Phi) is 10.6. The van der Waals surface area contributed by atoms with E-state index in [1.54, 1.807) is 0 Å². The number of halogens is 1. The van der Waals surface area contributed by atoms with Crippen LogP contribution >= 0.6 is 41.1 Å². The molecule has 0 aliphatic carbocycles. The van der Waals surface area contributed by atoms with Crippen molar-refractivity contribution in [1.82, 2.24) is 9.88 Å². The molecule has 2 N–H and O–H groups in total. The number of rotatable bonds is 12. The molecule has 40 heavy (non-hydrogen) atoms. The number of aromatic nitrogens is 1. The van der Waals surface area contributed by atoms with Gasteiger partial charge in [0, 0.05) is 45.3 Å². The van der Waals surface area contributed by atoms with Crippen LogP contribution in [0.1, 0.15) is 61.4 Å². The molecule has 1 aromatic heterocycles. The maximum absolute atomic E-state index is 12.7. The first kappa shape index (κ1) is 30.4. The summed E-state index contributed by atoms with van der Waals surface area (Å²) in [5, 5.41) is 13.8. The van der Waals surface area contributed by atoms with Crippen molar-refractivity contribution in [2.45, 2.75) is 62.3 Å². The number of aliphatic carboxylic acids is 1. The maximum Gasteiger partial charge on any atom is 0.325 e. The van der Waals surface area contributed by atoms with Gasteiger partial charge < -0.3 is 19.9 Å². The van der Waals surface area contributed by atoms with Crippen LogP contribution in [0.25, 0.3) is 0 Å². The van der Waals surface area contributed by atoms with Gasteiger partial charge in [-0.3, -0.25) is 9.69 Å². The molecule has 2 fully saturated rings. The lowest BCUT2D eigenvalue weighted by molar-refractivity contribution is -0.143. The predicted molar refractivity (Wildman–Crippen MR) is 174 cm³/mol. The number of carboxylic acid groups (broad SMARTS) is 1. The highest BCUT2D eigenvalue weighted by Gasteiger charge is 2.41. The van der Waals surface area contributed by atoms with E-state index in [9.17, 15) is 9.90 Å². The Bertz CT molecular complexity index is 1180. The molecule has 1 aromatic carbocycles. The third kappa shape index (κ3) is 7.66. The van der Waals surface area contributed by atoms with Gasteiger partial charge in [0.2, 0.25) is 0 Å². The van der Waals surface area contributed by atoms with Crippen LogP contribution in [-0.4, -0.2) is 65.3 Å². The number of carbonyl (C=O) groups is 1. The summed E-state index contributed by atoms with van der Waals surface area (Å²) in [4.78, 5) is 19.6. The van der Waals surface area contributed by atoms with Gasteiger partial charge >= 0.3 is 5.97 Å². The van der Waals surface area contributed by atoms with Gasteiger partial charge in [0.1, 0.15) is 17.6 Å². The zero-order chi connectivity index (χ0) is 28.1. The molecule has 7 nitrogen and oxygen atoms in total. The van der Waals surface area contributed by atoms with E-state index < -0.39 is 12.0 Å². The van der Waals surface area contributed by atoms with Gasteiger partial charge in [0.25, 0.3) is 0 Å². The molecule has 4 heterocycles. The van der Waals surface area contributed by atoms with E-state index in [1.165, 1.54) is 17.7 Å². The molecule has 0 bridgehead atoms. The molecular weight excluding hydrogens is 655 g/mol. The molecule has 0 amide bonds. The fraction of sp³-hybridized carbons (Fsp3) is 0.600. The van der Waals surface area contributed by atoms with E-state index in [-0.39, 0.29) is 4.90 Å². The van der Waals surface area contributed by atoms with Crippen LogP contribution < -0.4 is 10.1 Å². The lowest BCUT2D eigenvalue weighted by atomic mass is 9.97. The van der Waals surface area contributed by atoms with Gasteiger partial charge in [0.15, 0.2) is 0 Å². The van der Waals surface area contributed by atoms with E-state index in [4.69, 9.17) is 14.5 Å². The van der Waals surface area contributed by atoms with Crippen LogP contribution in [0.3, 0.4) is 0 Å². The van der Waals surface area contributed by atoms with Crippen molar-refractivity contribution in [3.63, 3.8) is 0 Å². The average molecular weight is 698 g/mol. The van der Waals surface area contributed by atoms with Gasteiger partial charge in [-0.1, -0.05) is 12.5 Å². The molecule has 2 saturated heterocycles. The summed E-state index contributed by atoms with van der Waals surface area (Å²) in [6, 6.07) is 9.60. The molecule has 5 rings (SSSR count). The second-order valence-electron chi connectivity index (χ2n) is 11.6. The Labute approximate surface area is 256 Å². The van der Waals surface area contributed by atoms with E-state index in [1.807, 2.05) is 18.2 Å². The van der Waals surface area contributed by atoms with Crippen LogP contribution in [0.5, 0.6) is 5.75 Å². The zero-order valence-electron chi connectivity index (χ0n) is 23.1. The Balaban J connectivity index is 1.17. The minimum Gasteiger partial charge on any atom is -0.493 e. The number of nitrogens with zero attached hydrogens (tertiary/aromatic N) is 2. The number of ether oxygens (including phenoxy) is 2. The highest BCUT2D eigenvalue weighted by molar-refractivity contribution is 14.1. The van der Waals surface area contributed by atoms with E-state index in [0.29, 0.717) is 30.8 Å². The number of hydrogen-bond acceptors (Lipinski definition) is 6. The number of aryl methyl sites for hydroxylation is 2. The van der Waals surface area contributed by atoms with Gasteiger partial charge in [-0.25, -0.2) is 4.98 Å². The number of benzene rings is 1. The van der Waals surface area contributed by atoms with Gasteiger partial charge in [-0.15, -0.1) is 18.5 Å². The normalized spacial score (nSPS) is 22.1. The molecule has 10 heteroatoms. The van der Waals surface area contributed by atoms with Crippen LogP contribution in [0.2, 0.25) is 0 Å². The fourth-order valence-electron chi connectivity index (χ4n) is 6.18. The summed E-state index contributed by atoms with van der Waals surface area (Å²) in [5.74, 6) is 1.68. The topological polar surface area (TPSA) is 83.9 Å². The fourth-order valence-corrected chi connectivity index (χ4v) is 7.65. The number of carboxylic acids is 1. The smallest absolute Gasteiger partial charge is 0.325 e. The Morgan fingerprint density at radius 3 is 2.95 bits per heavy atom. The Hall–Kier alpha value is -1.05. The summed E-state index contributed by atoms with van der Waals surface area (Å²) < 4.78 is 12.7. The molecule has 0 spiro atoms. The second kappa shape index (κ2) is 13.9. The second-order valence-corrected chi connectivity index (χ2v) is 15.7. The zero-order valence-corrected chi connectivity index (χ0v) is 27.6. The summed E-state index contributed by atoms with van der Waals surface area (Å²) >= 11 is 2.26. The van der Waals surface area contributed by atoms with Crippen molar-refractivity contribution in [1.29, 1.82) is 0 Å². The largest absolute Gasteiger partial charge is 0.493 e. The number of pyridine rings is 1. The lowest BCUT2D eigenvalue weighted by Gasteiger charge is -2.33. The predicted octanol–water partition coefficient (Wildman–Crippen LogP) is 5.77. The highest BCUT2D eigenvalue weighted by atomic mass is 127. The third-order valence-corrected chi connectivity index (χ3v) is 10.8. The lowest BCUT2D eigenvalue weighted by Crippen LogP contribution is -2.35. The van der Waals surface area contributed by atoms with Crippen LogP contribution in [0.4, 0.5) is 5.82 Å².